The van der Waals surface area contributed by atoms with E-state index in [4.69, 9.17) is 0 Å². The second kappa shape index (κ2) is 5.23. The number of rotatable bonds is 2. The Morgan fingerprint density at radius 2 is 1.94 bits per heavy atom. The fourth-order valence-corrected chi connectivity index (χ4v) is 2.05. The Balaban J connectivity index is 2.25. The molecule has 0 aliphatic heterocycles. The molecule has 2 rings (SSSR count). The summed E-state index contributed by atoms with van der Waals surface area (Å²) in [6.07, 6.45) is 0. The molecule has 4 heteroatoms. The summed E-state index contributed by atoms with van der Waals surface area (Å²) in [4.78, 5) is 12.1. The Labute approximate surface area is 114 Å². The molecule has 3 nitrogen and oxygen atoms in total. The largest absolute Gasteiger partial charge is 0.508 e. The zero-order chi connectivity index (χ0) is 13.1. The van der Waals surface area contributed by atoms with Gasteiger partial charge in [-0.2, -0.15) is 0 Å². The second-order valence-corrected chi connectivity index (χ2v) is 4.73. The second-order valence-electron chi connectivity index (χ2n) is 3.94. The molecule has 2 aromatic carbocycles. The lowest BCUT2D eigenvalue weighted by Crippen LogP contribution is -2.12. The molecule has 0 bridgehead atoms. The van der Waals surface area contributed by atoms with Gasteiger partial charge in [-0.25, -0.2) is 0 Å². The number of carbonyl (C=O) groups excluding carboxylic acids is 1. The predicted molar refractivity (Wildman–Crippen MR) is 74.9 cm³/mol. The number of hydrogen-bond donors (Lipinski definition) is 2. The Hall–Kier alpha value is -1.81. The first-order valence-electron chi connectivity index (χ1n) is 5.43. The Kier molecular flexibility index (Phi) is 3.67. The van der Waals surface area contributed by atoms with Gasteiger partial charge in [-0.15, -0.1) is 0 Å². The van der Waals surface area contributed by atoms with Gasteiger partial charge in [0.25, 0.3) is 5.91 Å². The number of aromatic hydroxyl groups is 1. The molecular weight excluding hydrogens is 294 g/mol. The highest BCUT2D eigenvalue weighted by molar-refractivity contribution is 9.10. The van der Waals surface area contributed by atoms with Crippen molar-refractivity contribution in [3.63, 3.8) is 0 Å². The van der Waals surface area contributed by atoms with Gasteiger partial charge in [0.1, 0.15) is 5.75 Å². The van der Waals surface area contributed by atoms with Crippen LogP contribution in [0.15, 0.2) is 46.9 Å². The zero-order valence-electron chi connectivity index (χ0n) is 9.77. The van der Waals surface area contributed by atoms with E-state index in [9.17, 15) is 9.90 Å². The van der Waals surface area contributed by atoms with E-state index >= 15 is 0 Å². The zero-order valence-corrected chi connectivity index (χ0v) is 11.4. The summed E-state index contributed by atoms with van der Waals surface area (Å²) in [7, 11) is 0. The molecule has 0 aromatic heterocycles. The van der Waals surface area contributed by atoms with E-state index in [1.807, 2.05) is 19.1 Å². The Morgan fingerprint density at radius 3 is 2.67 bits per heavy atom. The van der Waals surface area contributed by atoms with Crippen LogP contribution < -0.4 is 5.32 Å². The highest BCUT2D eigenvalue weighted by atomic mass is 79.9. The van der Waals surface area contributed by atoms with Crippen LogP contribution in [0.2, 0.25) is 0 Å². The SMILES string of the molecule is Cc1cccc(C(=O)Nc2cccc(O)c2)c1Br. The van der Waals surface area contributed by atoms with Crippen LogP contribution in [0.5, 0.6) is 5.75 Å². The van der Waals surface area contributed by atoms with Crippen LogP contribution in [-0.4, -0.2) is 11.0 Å². The van der Waals surface area contributed by atoms with Crippen molar-refractivity contribution in [3.05, 3.63) is 58.1 Å². The monoisotopic (exact) mass is 305 g/mol. The van der Waals surface area contributed by atoms with Crippen molar-refractivity contribution in [2.45, 2.75) is 6.92 Å². The van der Waals surface area contributed by atoms with Crippen LogP contribution in [0, 0.1) is 6.92 Å². The molecule has 18 heavy (non-hydrogen) atoms. The maximum atomic E-state index is 12.1. The third-order valence-electron chi connectivity index (χ3n) is 2.54. The molecule has 0 heterocycles. The molecule has 0 spiro atoms. The number of carbonyl (C=O) groups is 1. The predicted octanol–water partition coefficient (Wildman–Crippen LogP) is 3.72. The lowest BCUT2D eigenvalue weighted by Gasteiger charge is -2.08. The third kappa shape index (κ3) is 2.71. The molecule has 0 atom stereocenters. The van der Waals surface area contributed by atoms with Crippen LogP contribution in [0.1, 0.15) is 15.9 Å². The number of benzene rings is 2. The minimum atomic E-state index is -0.212. The summed E-state index contributed by atoms with van der Waals surface area (Å²) in [5, 5.41) is 12.1. The standard InChI is InChI=1S/C14H12BrNO2/c1-9-4-2-7-12(13(9)15)14(18)16-10-5-3-6-11(17)8-10/h2-8,17H,1H3,(H,16,18). The van der Waals surface area contributed by atoms with Gasteiger partial charge in [-0.1, -0.05) is 18.2 Å². The van der Waals surface area contributed by atoms with Gasteiger partial charge in [-0.05, 0) is 46.6 Å². The number of nitrogens with one attached hydrogen (secondary N) is 1. The van der Waals surface area contributed by atoms with E-state index in [0.29, 0.717) is 11.3 Å². The summed E-state index contributed by atoms with van der Waals surface area (Å²) < 4.78 is 0.780. The molecule has 0 saturated heterocycles. The fraction of sp³-hybridized carbons (Fsp3) is 0.0714. The number of phenols is 1. The number of amides is 1. The van der Waals surface area contributed by atoms with Crippen molar-refractivity contribution >= 4 is 27.5 Å². The molecule has 0 saturated carbocycles. The summed E-state index contributed by atoms with van der Waals surface area (Å²) in [6, 6.07) is 12.0. The first-order valence-corrected chi connectivity index (χ1v) is 6.23. The molecule has 0 radical (unpaired) electrons. The fourth-order valence-electron chi connectivity index (χ4n) is 1.60. The topological polar surface area (TPSA) is 49.3 Å². The highest BCUT2D eigenvalue weighted by Gasteiger charge is 2.11. The summed E-state index contributed by atoms with van der Waals surface area (Å²) in [6.45, 7) is 1.93. The lowest BCUT2D eigenvalue weighted by atomic mass is 10.1. The summed E-state index contributed by atoms with van der Waals surface area (Å²) >= 11 is 3.40. The van der Waals surface area contributed by atoms with E-state index in [0.717, 1.165) is 10.0 Å². The average Bonchev–Trinajstić information content (AvgIpc) is 2.32. The van der Waals surface area contributed by atoms with Crippen LogP contribution >= 0.6 is 15.9 Å². The van der Waals surface area contributed by atoms with Gasteiger partial charge in [-0.3, -0.25) is 4.79 Å². The highest BCUT2D eigenvalue weighted by Crippen LogP contribution is 2.23. The number of hydrogen-bond acceptors (Lipinski definition) is 2. The molecule has 2 aromatic rings. The van der Waals surface area contributed by atoms with Gasteiger partial charge in [0.05, 0.1) is 5.56 Å². The van der Waals surface area contributed by atoms with Crippen molar-refractivity contribution in [3.8, 4) is 5.75 Å². The van der Waals surface area contributed by atoms with Gasteiger partial charge >= 0.3 is 0 Å². The van der Waals surface area contributed by atoms with Crippen molar-refractivity contribution in [2.75, 3.05) is 5.32 Å². The Bertz CT molecular complexity index is 596. The summed E-state index contributed by atoms with van der Waals surface area (Å²) in [5.74, 6) is -0.0905. The van der Waals surface area contributed by atoms with Crippen molar-refractivity contribution in [2.24, 2.45) is 0 Å². The molecule has 1 amide bonds. The number of halogens is 1. The molecule has 92 valence electrons. The van der Waals surface area contributed by atoms with Crippen molar-refractivity contribution < 1.29 is 9.90 Å². The molecule has 0 aliphatic carbocycles. The molecule has 2 N–H and O–H groups in total. The van der Waals surface area contributed by atoms with Crippen LogP contribution in [0.4, 0.5) is 5.69 Å². The van der Waals surface area contributed by atoms with Gasteiger partial charge < -0.3 is 10.4 Å². The molecule has 0 unspecified atom stereocenters. The average molecular weight is 306 g/mol. The maximum Gasteiger partial charge on any atom is 0.256 e. The van der Waals surface area contributed by atoms with Crippen LogP contribution in [0.25, 0.3) is 0 Å². The summed E-state index contributed by atoms with van der Waals surface area (Å²) in [5.41, 5.74) is 2.13. The maximum absolute atomic E-state index is 12.1. The van der Waals surface area contributed by atoms with E-state index in [1.165, 1.54) is 6.07 Å². The lowest BCUT2D eigenvalue weighted by molar-refractivity contribution is 0.102. The number of phenolic OH excluding ortho intramolecular Hbond substituents is 1. The van der Waals surface area contributed by atoms with E-state index in [1.54, 1.807) is 24.3 Å². The first kappa shape index (κ1) is 12.6. The minimum Gasteiger partial charge on any atom is -0.508 e. The van der Waals surface area contributed by atoms with E-state index < -0.39 is 0 Å². The van der Waals surface area contributed by atoms with Crippen LogP contribution in [0.3, 0.4) is 0 Å². The number of aryl methyl sites for hydroxylation is 1. The van der Waals surface area contributed by atoms with Crippen molar-refractivity contribution in [1.29, 1.82) is 0 Å². The molecular formula is C14H12BrNO2. The number of anilines is 1. The van der Waals surface area contributed by atoms with Crippen molar-refractivity contribution in [1.82, 2.24) is 0 Å². The minimum absolute atomic E-state index is 0.121. The van der Waals surface area contributed by atoms with E-state index in [2.05, 4.69) is 21.2 Å². The quantitative estimate of drug-likeness (QED) is 0.888. The third-order valence-corrected chi connectivity index (χ3v) is 3.59. The van der Waals surface area contributed by atoms with Gasteiger partial charge in [0.2, 0.25) is 0 Å². The molecule has 0 aliphatic rings. The van der Waals surface area contributed by atoms with Crippen LogP contribution in [-0.2, 0) is 0 Å². The van der Waals surface area contributed by atoms with Gasteiger partial charge in [0, 0.05) is 16.2 Å². The molecule has 0 fully saturated rings. The Morgan fingerprint density at radius 1 is 1.22 bits per heavy atom. The normalized spacial score (nSPS) is 10.1. The van der Waals surface area contributed by atoms with Gasteiger partial charge in [0.15, 0.2) is 0 Å². The van der Waals surface area contributed by atoms with E-state index in [-0.39, 0.29) is 11.7 Å². The smallest absolute Gasteiger partial charge is 0.256 e. The first-order chi connectivity index (χ1) is 8.58.